The predicted molar refractivity (Wildman–Crippen MR) is 60.2 cm³/mol. The average Bonchev–Trinajstić information content (AvgIpc) is 2.18. The molecule has 0 spiro atoms. The quantitative estimate of drug-likeness (QED) is 0.758. The van der Waals surface area contributed by atoms with Gasteiger partial charge in [-0.1, -0.05) is 19.8 Å². The lowest BCUT2D eigenvalue weighted by Crippen LogP contribution is -2.50. The van der Waals surface area contributed by atoms with Gasteiger partial charge in [0.1, 0.15) is 0 Å². The molecule has 1 atom stereocenters. The minimum atomic E-state index is -0.175. The number of hydrogen-bond donors (Lipinski definition) is 1. The molecule has 1 aliphatic rings. The van der Waals surface area contributed by atoms with Gasteiger partial charge in [-0.05, 0) is 38.5 Å². The molecule has 1 aliphatic carbocycles. The highest BCUT2D eigenvalue weighted by atomic mass is 16.5. The summed E-state index contributed by atoms with van der Waals surface area (Å²) in [5.41, 5.74) is 6.08. The van der Waals surface area contributed by atoms with E-state index in [1.807, 2.05) is 0 Å². The fraction of sp³-hybridized carbons (Fsp3) is 1.00. The molecule has 0 heterocycles. The van der Waals surface area contributed by atoms with Crippen LogP contribution < -0.4 is 5.73 Å². The van der Waals surface area contributed by atoms with Crippen LogP contribution in [0.25, 0.3) is 0 Å². The van der Waals surface area contributed by atoms with Gasteiger partial charge in [0, 0.05) is 13.2 Å². The highest BCUT2D eigenvalue weighted by Gasteiger charge is 2.34. The van der Waals surface area contributed by atoms with E-state index in [-0.39, 0.29) is 11.6 Å². The third-order valence-corrected chi connectivity index (χ3v) is 3.90. The molecule has 0 aromatic carbocycles. The number of rotatable bonds is 3. The standard InChI is InChI=1S/C12H25NO/c1-9-5-7-10(8-6-9)11(13)12(2,3)14-4/h9-11H,5-8,13H2,1-4H3. The van der Waals surface area contributed by atoms with Crippen LogP contribution in [0.3, 0.4) is 0 Å². The minimum Gasteiger partial charge on any atom is -0.377 e. The molecule has 1 fully saturated rings. The van der Waals surface area contributed by atoms with Crippen LogP contribution in [0.5, 0.6) is 0 Å². The first-order chi connectivity index (χ1) is 6.47. The van der Waals surface area contributed by atoms with Crippen molar-refractivity contribution < 1.29 is 4.74 Å². The second-order valence-electron chi connectivity index (χ2n) is 5.35. The summed E-state index contributed by atoms with van der Waals surface area (Å²) in [5, 5.41) is 0. The van der Waals surface area contributed by atoms with E-state index in [1.165, 1.54) is 25.7 Å². The van der Waals surface area contributed by atoms with Gasteiger partial charge < -0.3 is 10.5 Å². The molecule has 84 valence electrons. The second-order valence-corrected chi connectivity index (χ2v) is 5.35. The molecule has 2 heteroatoms. The van der Waals surface area contributed by atoms with Crippen molar-refractivity contribution in [2.24, 2.45) is 17.6 Å². The van der Waals surface area contributed by atoms with Crippen molar-refractivity contribution in [3.8, 4) is 0 Å². The van der Waals surface area contributed by atoms with E-state index in [2.05, 4.69) is 20.8 Å². The van der Waals surface area contributed by atoms with Crippen LogP contribution in [0.15, 0.2) is 0 Å². The summed E-state index contributed by atoms with van der Waals surface area (Å²) < 4.78 is 5.45. The summed E-state index contributed by atoms with van der Waals surface area (Å²) in [4.78, 5) is 0. The van der Waals surface area contributed by atoms with Crippen molar-refractivity contribution >= 4 is 0 Å². The highest BCUT2D eigenvalue weighted by molar-refractivity contribution is 4.90. The zero-order valence-corrected chi connectivity index (χ0v) is 10.0. The molecule has 0 aromatic rings. The number of ether oxygens (including phenoxy) is 1. The Hall–Kier alpha value is -0.0800. The molecule has 1 rings (SSSR count). The van der Waals surface area contributed by atoms with E-state index in [0.717, 1.165) is 5.92 Å². The predicted octanol–water partition coefficient (Wildman–Crippen LogP) is 2.57. The maximum absolute atomic E-state index is 6.26. The monoisotopic (exact) mass is 199 g/mol. The van der Waals surface area contributed by atoms with Gasteiger partial charge in [-0.2, -0.15) is 0 Å². The first-order valence-corrected chi connectivity index (χ1v) is 5.78. The van der Waals surface area contributed by atoms with E-state index in [1.54, 1.807) is 7.11 Å². The second kappa shape index (κ2) is 4.63. The molecule has 2 nitrogen and oxygen atoms in total. The zero-order valence-electron chi connectivity index (χ0n) is 10.0. The molecule has 14 heavy (non-hydrogen) atoms. The van der Waals surface area contributed by atoms with E-state index in [0.29, 0.717) is 5.92 Å². The largest absolute Gasteiger partial charge is 0.377 e. The molecular formula is C12H25NO. The Kier molecular flexibility index (Phi) is 3.96. The number of hydrogen-bond acceptors (Lipinski definition) is 2. The fourth-order valence-electron chi connectivity index (χ4n) is 2.35. The maximum Gasteiger partial charge on any atom is 0.0775 e. The Morgan fingerprint density at radius 1 is 1.21 bits per heavy atom. The molecule has 1 saturated carbocycles. The van der Waals surface area contributed by atoms with Crippen molar-refractivity contribution in [3.05, 3.63) is 0 Å². The first-order valence-electron chi connectivity index (χ1n) is 5.78. The van der Waals surface area contributed by atoms with Crippen LogP contribution in [-0.2, 0) is 4.74 Å². The lowest BCUT2D eigenvalue weighted by molar-refractivity contribution is -0.0220. The Balaban J connectivity index is 2.49. The topological polar surface area (TPSA) is 35.2 Å². The number of methoxy groups -OCH3 is 1. The summed E-state index contributed by atoms with van der Waals surface area (Å²) in [6, 6.07) is 0.181. The van der Waals surface area contributed by atoms with Crippen molar-refractivity contribution in [1.29, 1.82) is 0 Å². The Morgan fingerprint density at radius 2 is 1.71 bits per heavy atom. The average molecular weight is 199 g/mol. The van der Waals surface area contributed by atoms with Crippen LogP contribution in [0.4, 0.5) is 0 Å². The lowest BCUT2D eigenvalue weighted by Gasteiger charge is -2.38. The summed E-state index contributed by atoms with van der Waals surface area (Å²) in [5.74, 6) is 1.55. The molecule has 0 aliphatic heterocycles. The van der Waals surface area contributed by atoms with Gasteiger partial charge in [0.15, 0.2) is 0 Å². The van der Waals surface area contributed by atoms with Crippen molar-refractivity contribution in [3.63, 3.8) is 0 Å². The van der Waals surface area contributed by atoms with Crippen LogP contribution in [-0.4, -0.2) is 18.8 Å². The summed E-state index contributed by atoms with van der Waals surface area (Å²) in [7, 11) is 1.76. The third-order valence-electron chi connectivity index (χ3n) is 3.90. The van der Waals surface area contributed by atoms with Crippen LogP contribution in [0.1, 0.15) is 46.5 Å². The maximum atomic E-state index is 6.26. The molecule has 2 N–H and O–H groups in total. The minimum absolute atomic E-state index is 0.175. The van der Waals surface area contributed by atoms with Crippen molar-refractivity contribution in [1.82, 2.24) is 0 Å². The van der Waals surface area contributed by atoms with Crippen LogP contribution in [0.2, 0.25) is 0 Å². The van der Waals surface area contributed by atoms with Gasteiger partial charge in [-0.15, -0.1) is 0 Å². The third kappa shape index (κ3) is 2.71. The van der Waals surface area contributed by atoms with E-state index >= 15 is 0 Å². The molecule has 0 bridgehead atoms. The van der Waals surface area contributed by atoms with Gasteiger partial charge in [0.25, 0.3) is 0 Å². The lowest BCUT2D eigenvalue weighted by atomic mass is 9.75. The Bertz CT molecular complexity index is 171. The van der Waals surface area contributed by atoms with Crippen molar-refractivity contribution in [2.45, 2.75) is 58.1 Å². The number of nitrogens with two attached hydrogens (primary N) is 1. The SMILES string of the molecule is COC(C)(C)C(N)C1CCC(C)CC1. The highest BCUT2D eigenvalue weighted by Crippen LogP contribution is 2.33. The fourth-order valence-corrected chi connectivity index (χ4v) is 2.35. The summed E-state index contributed by atoms with van der Waals surface area (Å²) >= 11 is 0. The van der Waals surface area contributed by atoms with Gasteiger partial charge in [-0.25, -0.2) is 0 Å². The molecule has 1 unspecified atom stereocenters. The summed E-state index contributed by atoms with van der Waals surface area (Å²) in [6.07, 6.45) is 5.21. The zero-order chi connectivity index (χ0) is 10.8. The van der Waals surface area contributed by atoms with Gasteiger partial charge >= 0.3 is 0 Å². The van der Waals surface area contributed by atoms with Crippen molar-refractivity contribution in [2.75, 3.05) is 7.11 Å². The van der Waals surface area contributed by atoms with Gasteiger partial charge in [0.05, 0.1) is 5.60 Å². The van der Waals surface area contributed by atoms with Gasteiger partial charge in [0.2, 0.25) is 0 Å². The van der Waals surface area contributed by atoms with Gasteiger partial charge in [-0.3, -0.25) is 0 Å². The summed E-state index contributed by atoms with van der Waals surface area (Å²) in [6.45, 7) is 6.52. The normalized spacial score (nSPS) is 31.5. The Morgan fingerprint density at radius 3 is 2.14 bits per heavy atom. The first kappa shape index (κ1) is 12.0. The van der Waals surface area contributed by atoms with Crippen LogP contribution >= 0.6 is 0 Å². The smallest absolute Gasteiger partial charge is 0.0775 e. The van der Waals surface area contributed by atoms with Crippen LogP contribution in [0, 0.1) is 11.8 Å². The molecule has 0 radical (unpaired) electrons. The molecule has 0 saturated heterocycles. The van der Waals surface area contributed by atoms with E-state index in [4.69, 9.17) is 10.5 Å². The van der Waals surface area contributed by atoms with E-state index < -0.39 is 0 Å². The Labute approximate surface area is 88.2 Å². The molecular weight excluding hydrogens is 174 g/mol. The van der Waals surface area contributed by atoms with E-state index in [9.17, 15) is 0 Å². The molecule has 0 amide bonds. The molecule has 0 aromatic heterocycles.